The Morgan fingerprint density at radius 3 is 2.79 bits per heavy atom. The van der Waals surface area contributed by atoms with Crippen LogP contribution in [0.15, 0.2) is 54.9 Å². The quantitative estimate of drug-likeness (QED) is 0.215. The van der Waals surface area contributed by atoms with Crippen molar-refractivity contribution in [3.05, 3.63) is 59.9 Å². The molecule has 1 amide bonds. The first-order valence-corrected chi connectivity index (χ1v) is 10.7. The first kappa shape index (κ1) is 24.2. The highest BCUT2D eigenvalue weighted by atomic mass is 35.5. The molecule has 1 aromatic carbocycles. The molecule has 0 bridgehead atoms. The summed E-state index contributed by atoms with van der Waals surface area (Å²) in [5.41, 5.74) is 2.15. The van der Waals surface area contributed by atoms with Gasteiger partial charge >= 0.3 is 0 Å². The zero-order valence-electron chi connectivity index (χ0n) is 18.3. The third kappa shape index (κ3) is 7.56. The number of rotatable bonds is 9. The number of ether oxygens (including phenoxy) is 1. The predicted octanol–water partition coefficient (Wildman–Crippen LogP) is 2.82. The molecule has 3 rings (SSSR count). The van der Waals surface area contributed by atoms with Crippen LogP contribution in [0.4, 0.5) is 23.1 Å². The lowest BCUT2D eigenvalue weighted by Gasteiger charge is -2.27. The van der Waals surface area contributed by atoms with Gasteiger partial charge in [-0.05, 0) is 24.3 Å². The normalized spacial score (nSPS) is 14.3. The lowest BCUT2D eigenvalue weighted by Crippen LogP contribution is -2.39. The minimum Gasteiger partial charge on any atom is -0.390 e. The van der Waals surface area contributed by atoms with Crippen LogP contribution in [-0.2, 0) is 9.53 Å². The molecule has 1 aromatic heterocycles. The van der Waals surface area contributed by atoms with Crippen LogP contribution in [0.5, 0.6) is 0 Å². The summed E-state index contributed by atoms with van der Waals surface area (Å²) in [5.74, 6) is 0.413. The van der Waals surface area contributed by atoms with Gasteiger partial charge in [-0.2, -0.15) is 4.98 Å². The Balaban J connectivity index is 1.67. The molecule has 0 unspecified atom stereocenters. The molecule has 0 atom stereocenters. The number of amidine groups is 1. The number of hydrogen-bond acceptors (Lipinski definition) is 8. The fourth-order valence-corrected chi connectivity index (χ4v) is 3.19. The van der Waals surface area contributed by atoms with Crippen molar-refractivity contribution in [2.75, 3.05) is 55.8 Å². The Labute approximate surface area is 197 Å². The van der Waals surface area contributed by atoms with E-state index in [4.69, 9.17) is 21.7 Å². The molecule has 1 aliphatic rings. The molecule has 0 aliphatic carbocycles. The van der Waals surface area contributed by atoms with E-state index in [0.717, 1.165) is 18.8 Å². The van der Waals surface area contributed by atoms with Crippen molar-refractivity contribution in [1.29, 1.82) is 5.41 Å². The fourth-order valence-electron chi connectivity index (χ4n) is 3.05. The van der Waals surface area contributed by atoms with E-state index < -0.39 is 0 Å². The Bertz CT molecular complexity index is 1040. The maximum atomic E-state index is 11.5. The van der Waals surface area contributed by atoms with Crippen molar-refractivity contribution in [3.63, 3.8) is 0 Å². The van der Waals surface area contributed by atoms with Crippen LogP contribution in [0.2, 0.25) is 5.02 Å². The van der Waals surface area contributed by atoms with Gasteiger partial charge in [-0.1, -0.05) is 24.2 Å². The molecular weight excluding hydrogens is 444 g/mol. The highest BCUT2D eigenvalue weighted by Gasteiger charge is 2.12. The highest BCUT2D eigenvalue weighted by Crippen LogP contribution is 2.25. The van der Waals surface area contributed by atoms with Gasteiger partial charge in [-0.25, -0.2) is 4.98 Å². The number of carbonyl (C=O) groups is 1. The molecule has 1 saturated heterocycles. The minimum atomic E-state index is -0.306. The van der Waals surface area contributed by atoms with Crippen molar-refractivity contribution in [3.8, 4) is 0 Å². The molecule has 174 valence electrons. The monoisotopic (exact) mass is 470 g/mol. The number of morpholine rings is 1. The lowest BCUT2D eigenvalue weighted by atomic mass is 10.2. The zero-order chi connectivity index (χ0) is 23.6. The standard InChI is InChI=1S/C22H27ClN8O2/c1-3-20(32)27-15-5-4-6-16(11-15)28-21-18(23)13-26-22(30-21)29-19(24)12-17(25-2)14-31-7-9-33-10-8-31/h3-6,11-13,25H,1,7-10,14H2,2H3,(H,27,32)(H3,24,26,28,29,30)/b17-12-. The van der Waals surface area contributed by atoms with Crippen LogP contribution in [-0.4, -0.2) is 66.5 Å². The zero-order valence-corrected chi connectivity index (χ0v) is 19.1. The SMILES string of the molecule is C=CC(=O)Nc1cccc(Nc2nc(NC(=N)/C=C(/CN3CCOCC3)NC)ncc2Cl)c1. The molecule has 0 saturated carbocycles. The number of nitrogens with zero attached hydrogens (tertiary/aromatic N) is 3. The molecule has 33 heavy (non-hydrogen) atoms. The minimum absolute atomic E-state index is 0.134. The molecule has 5 N–H and O–H groups in total. The van der Waals surface area contributed by atoms with Crippen LogP contribution < -0.4 is 21.3 Å². The number of halogens is 1. The van der Waals surface area contributed by atoms with Gasteiger partial charge < -0.3 is 26.0 Å². The molecule has 2 aromatic rings. The van der Waals surface area contributed by atoms with Crippen molar-refractivity contribution >= 4 is 46.5 Å². The van der Waals surface area contributed by atoms with Crippen LogP contribution >= 0.6 is 11.6 Å². The van der Waals surface area contributed by atoms with Gasteiger partial charge in [0.1, 0.15) is 10.9 Å². The van der Waals surface area contributed by atoms with Gasteiger partial charge in [-0.15, -0.1) is 0 Å². The summed E-state index contributed by atoms with van der Waals surface area (Å²) in [6, 6.07) is 7.09. The summed E-state index contributed by atoms with van der Waals surface area (Å²) in [5, 5.41) is 20.4. The Morgan fingerprint density at radius 2 is 2.06 bits per heavy atom. The van der Waals surface area contributed by atoms with Crippen LogP contribution in [0.3, 0.4) is 0 Å². The van der Waals surface area contributed by atoms with E-state index in [2.05, 4.69) is 42.7 Å². The van der Waals surface area contributed by atoms with Gasteiger partial charge in [0, 0.05) is 49.8 Å². The van der Waals surface area contributed by atoms with Crippen molar-refractivity contribution in [2.24, 2.45) is 0 Å². The van der Waals surface area contributed by atoms with E-state index >= 15 is 0 Å². The van der Waals surface area contributed by atoms with Gasteiger partial charge in [0.05, 0.1) is 19.4 Å². The fraction of sp³-hybridized carbons (Fsp3) is 0.273. The summed E-state index contributed by atoms with van der Waals surface area (Å²) in [7, 11) is 1.83. The summed E-state index contributed by atoms with van der Waals surface area (Å²) < 4.78 is 5.38. The predicted molar refractivity (Wildman–Crippen MR) is 131 cm³/mol. The number of likely N-dealkylation sites (N-methyl/N-ethyl adjacent to an activating group) is 1. The molecular formula is C22H27ClN8O2. The Morgan fingerprint density at radius 1 is 1.30 bits per heavy atom. The average molecular weight is 471 g/mol. The van der Waals surface area contributed by atoms with Gasteiger partial charge in [0.25, 0.3) is 0 Å². The van der Waals surface area contributed by atoms with Crippen LogP contribution in [0, 0.1) is 5.41 Å². The summed E-state index contributed by atoms with van der Waals surface area (Å²) >= 11 is 6.25. The summed E-state index contributed by atoms with van der Waals surface area (Å²) in [4.78, 5) is 22.3. The second kappa shape index (κ2) is 12.0. The first-order valence-electron chi connectivity index (χ1n) is 10.3. The molecule has 0 radical (unpaired) electrons. The third-order valence-corrected chi connectivity index (χ3v) is 4.98. The van der Waals surface area contributed by atoms with Crippen LogP contribution in [0.25, 0.3) is 0 Å². The summed E-state index contributed by atoms with van der Waals surface area (Å²) in [6.07, 6.45) is 4.35. The van der Waals surface area contributed by atoms with Crippen molar-refractivity contribution in [2.45, 2.75) is 0 Å². The van der Waals surface area contributed by atoms with E-state index in [-0.39, 0.29) is 17.7 Å². The van der Waals surface area contributed by atoms with Gasteiger partial charge in [-0.3, -0.25) is 15.1 Å². The van der Waals surface area contributed by atoms with Crippen molar-refractivity contribution < 1.29 is 9.53 Å². The van der Waals surface area contributed by atoms with Gasteiger partial charge in [0.2, 0.25) is 11.9 Å². The number of aromatic nitrogens is 2. The smallest absolute Gasteiger partial charge is 0.247 e. The third-order valence-electron chi connectivity index (χ3n) is 4.71. The van der Waals surface area contributed by atoms with Crippen LogP contribution in [0.1, 0.15) is 0 Å². The number of amides is 1. The highest BCUT2D eigenvalue weighted by molar-refractivity contribution is 6.33. The Hall–Kier alpha value is -3.47. The maximum Gasteiger partial charge on any atom is 0.247 e. The number of hydrogen-bond donors (Lipinski definition) is 5. The lowest BCUT2D eigenvalue weighted by molar-refractivity contribution is -0.111. The molecule has 1 aliphatic heterocycles. The maximum absolute atomic E-state index is 11.5. The van der Waals surface area contributed by atoms with Crippen molar-refractivity contribution in [1.82, 2.24) is 20.2 Å². The second-order valence-corrected chi connectivity index (χ2v) is 7.54. The number of anilines is 4. The number of nitrogens with one attached hydrogen (secondary N) is 5. The van der Waals surface area contributed by atoms with E-state index in [0.29, 0.717) is 42.0 Å². The topological polar surface area (TPSA) is 127 Å². The van der Waals surface area contributed by atoms with E-state index in [1.54, 1.807) is 24.3 Å². The largest absolute Gasteiger partial charge is 0.390 e. The Kier molecular flexibility index (Phi) is 8.76. The number of carbonyl (C=O) groups excluding carboxylic acids is 1. The van der Waals surface area contributed by atoms with Gasteiger partial charge in [0.15, 0.2) is 5.82 Å². The molecule has 10 nitrogen and oxygen atoms in total. The molecule has 2 heterocycles. The average Bonchev–Trinajstić information content (AvgIpc) is 2.81. The molecule has 11 heteroatoms. The number of benzene rings is 1. The van der Waals surface area contributed by atoms with E-state index in [1.165, 1.54) is 12.3 Å². The molecule has 1 fully saturated rings. The van der Waals surface area contributed by atoms with E-state index in [1.807, 2.05) is 13.1 Å². The molecule has 0 spiro atoms. The van der Waals surface area contributed by atoms with E-state index in [9.17, 15) is 4.79 Å². The summed E-state index contributed by atoms with van der Waals surface area (Å²) in [6.45, 7) is 7.27. The second-order valence-electron chi connectivity index (χ2n) is 7.14. The first-order chi connectivity index (χ1) is 16.0.